The predicted octanol–water partition coefficient (Wildman–Crippen LogP) is 2.96. The molecule has 0 amide bonds. The largest absolute Gasteiger partial charge is 0.493 e. The van der Waals surface area contributed by atoms with E-state index in [0.29, 0.717) is 19.0 Å². The monoisotopic (exact) mass is 440 g/mol. The Hall–Kier alpha value is -2.77. The van der Waals surface area contributed by atoms with E-state index in [1.165, 1.54) is 5.56 Å². The molecule has 1 aliphatic rings. The molecule has 0 radical (unpaired) electrons. The molecule has 0 bridgehead atoms. The van der Waals surface area contributed by atoms with Crippen LogP contribution in [0.15, 0.2) is 47.5 Å². The van der Waals surface area contributed by atoms with Crippen LogP contribution in [0.2, 0.25) is 0 Å². The Labute approximate surface area is 191 Å². The molecular formula is C25H36N4O3. The third kappa shape index (κ3) is 7.14. The van der Waals surface area contributed by atoms with Gasteiger partial charge in [0.2, 0.25) is 0 Å². The van der Waals surface area contributed by atoms with Crippen molar-refractivity contribution in [3.63, 3.8) is 0 Å². The van der Waals surface area contributed by atoms with Crippen LogP contribution >= 0.6 is 0 Å². The van der Waals surface area contributed by atoms with E-state index in [0.717, 1.165) is 48.7 Å². The van der Waals surface area contributed by atoms with Gasteiger partial charge in [0.1, 0.15) is 0 Å². The normalized spacial score (nSPS) is 19.6. The minimum atomic E-state index is 0.287. The molecule has 32 heavy (non-hydrogen) atoms. The number of hydrogen-bond donors (Lipinski definition) is 2. The van der Waals surface area contributed by atoms with Gasteiger partial charge in [-0.15, -0.1) is 0 Å². The number of hydrogen-bond acceptors (Lipinski definition) is 5. The molecule has 3 N–H and O–H groups in total. The molecule has 2 aromatic carbocycles. The number of guanidine groups is 1. The van der Waals surface area contributed by atoms with Gasteiger partial charge in [-0.05, 0) is 49.1 Å². The zero-order chi connectivity index (χ0) is 22.9. The highest BCUT2D eigenvalue weighted by atomic mass is 16.5. The van der Waals surface area contributed by atoms with Crippen molar-refractivity contribution in [2.24, 2.45) is 10.7 Å². The zero-order valence-electron chi connectivity index (χ0n) is 19.6. The van der Waals surface area contributed by atoms with E-state index in [9.17, 15) is 0 Å². The fourth-order valence-corrected chi connectivity index (χ4v) is 4.03. The quantitative estimate of drug-likeness (QED) is 0.461. The molecule has 2 atom stereocenters. The van der Waals surface area contributed by atoms with E-state index in [4.69, 9.17) is 19.9 Å². The number of nitrogens with two attached hydrogens (primary N) is 1. The second-order valence-corrected chi connectivity index (χ2v) is 8.34. The molecule has 3 rings (SSSR count). The molecule has 0 aromatic heterocycles. The van der Waals surface area contributed by atoms with Crippen LogP contribution in [-0.4, -0.2) is 56.9 Å². The molecule has 7 nitrogen and oxygen atoms in total. The second kappa shape index (κ2) is 11.7. The van der Waals surface area contributed by atoms with Gasteiger partial charge in [-0.3, -0.25) is 4.90 Å². The van der Waals surface area contributed by atoms with Gasteiger partial charge in [-0.1, -0.05) is 30.3 Å². The summed E-state index contributed by atoms with van der Waals surface area (Å²) in [6, 6.07) is 14.5. The molecule has 174 valence electrons. The fraction of sp³-hybridized carbons (Fsp3) is 0.480. The van der Waals surface area contributed by atoms with Gasteiger partial charge in [-0.2, -0.15) is 0 Å². The van der Waals surface area contributed by atoms with Crippen molar-refractivity contribution in [3.05, 3.63) is 59.2 Å². The Bertz CT molecular complexity index is 875. The number of nitrogens with zero attached hydrogens (tertiary/aromatic N) is 2. The first-order valence-corrected chi connectivity index (χ1v) is 11.2. The first-order chi connectivity index (χ1) is 15.5. The molecule has 0 aliphatic carbocycles. The molecule has 1 saturated heterocycles. The predicted molar refractivity (Wildman–Crippen MR) is 128 cm³/mol. The molecule has 1 heterocycles. The summed E-state index contributed by atoms with van der Waals surface area (Å²) in [7, 11) is 3.27. The molecule has 2 unspecified atom stereocenters. The number of rotatable bonds is 9. The zero-order valence-corrected chi connectivity index (χ0v) is 19.6. The lowest BCUT2D eigenvalue weighted by atomic mass is 10.1. The molecule has 1 aliphatic heterocycles. The van der Waals surface area contributed by atoms with E-state index in [1.54, 1.807) is 14.2 Å². The van der Waals surface area contributed by atoms with Crippen LogP contribution in [0.25, 0.3) is 0 Å². The van der Waals surface area contributed by atoms with Gasteiger partial charge in [0, 0.05) is 26.2 Å². The molecule has 7 heteroatoms. The number of methoxy groups -OCH3 is 2. The van der Waals surface area contributed by atoms with Crippen molar-refractivity contribution in [2.45, 2.75) is 45.6 Å². The topological polar surface area (TPSA) is 81.3 Å². The summed E-state index contributed by atoms with van der Waals surface area (Å²) in [5.41, 5.74) is 9.63. The number of benzene rings is 2. The molecule has 0 spiro atoms. The number of ether oxygens (including phenoxy) is 3. The fourth-order valence-electron chi connectivity index (χ4n) is 4.03. The average molecular weight is 441 g/mol. The smallest absolute Gasteiger partial charge is 0.188 e. The first kappa shape index (κ1) is 23.9. The average Bonchev–Trinajstić information content (AvgIpc) is 2.78. The van der Waals surface area contributed by atoms with Crippen LogP contribution in [0, 0.1) is 0 Å². The van der Waals surface area contributed by atoms with Crippen LogP contribution < -0.4 is 20.5 Å². The standard InChI is InChI=1S/C25H36N4O3/c1-18-15-29(16-19(2)32-18)17-22-7-5-21(6-8-22)14-28-25(26)27-12-11-20-9-10-23(30-3)24(13-20)31-4/h5-10,13,18-19H,11-12,14-17H2,1-4H3,(H3,26,27,28). The van der Waals surface area contributed by atoms with Crippen molar-refractivity contribution < 1.29 is 14.2 Å². The van der Waals surface area contributed by atoms with Crippen molar-refractivity contribution >= 4 is 5.96 Å². The first-order valence-electron chi connectivity index (χ1n) is 11.2. The Balaban J connectivity index is 1.43. The lowest BCUT2D eigenvalue weighted by molar-refractivity contribution is -0.0704. The minimum absolute atomic E-state index is 0.287. The van der Waals surface area contributed by atoms with Gasteiger partial charge in [0.15, 0.2) is 17.5 Å². The lowest BCUT2D eigenvalue weighted by Gasteiger charge is -2.35. The molecule has 1 fully saturated rings. The van der Waals surface area contributed by atoms with Crippen molar-refractivity contribution in [1.82, 2.24) is 10.2 Å². The Morgan fingerprint density at radius 1 is 1.00 bits per heavy atom. The summed E-state index contributed by atoms with van der Waals surface area (Å²) in [5.74, 6) is 1.91. The van der Waals surface area contributed by atoms with E-state index >= 15 is 0 Å². The maximum absolute atomic E-state index is 6.04. The highest BCUT2D eigenvalue weighted by molar-refractivity contribution is 5.77. The van der Waals surface area contributed by atoms with Crippen LogP contribution in [0.3, 0.4) is 0 Å². The van der Waals surface area contributed by atoms with Crippen LogP contribution in [0.4, 0.5) is 0 Å². The molecule has 2 aromatic rings. The highest BCUT2D eigenvalue weighted by Gasteiger charge is 2.21. The van der Waals surface area contributed by atoms with Gasteiger partial charge in [-0.25, -0.2) is 4.99 Å². The summed E-state index contributed by atoms with van der Waals surface area (Å²) in [6.45, 7) is 8.42. The maximum Gasteiger partial charge on any atom is 0.188 e. The molecular weight excluding hydrogens is 404 g/mol. The summed E-state index contributed by atoms with van der Waals surface area (Å²) in [4.78, 5) is 6.91. The van der Waals surface area contributed by atoms with Crippen molar-refractivity contribution in [3.8, 4) is 11.5 Å². The summed E-state index contributed by atoms with van der Waals surface area (Å²) in [6.07, 6.45) is 1.38. The summed E-state index contributed by atoms with van der Waals surface area (Å²) < 4.78 is 16.4. The maximum atomic E-state index is 6.04. The van der Waals surface area contributed by atoms with E-state index in [2.05, 4.69) is 53.3 Å². The van der Waals surface area contributed by atoms with Gasteiger partial charge in [0.05, 0.1) is 33.0 Å². The van der Waals surface area contributed by atoms with Crippen LogP contribution in [-0.2, 0) is 24.2 Å². The number of nitrogens with one attached hydrogen (secondary N) is 1. The summed E-state index contributed by atoms with van der Waals surface area (Å²) in [5, 5.41) is 3.18. The number of morpholine rings is 1. The van der Waals surface area contributed by atoms with E-state index in [1.807, 2.05) is 18.2 Å². The Morgan fingerprint density at radius 2 is 1.62 bits per heavy atom. The SMILES string of the molecule is COc1ccc(CCNC(N)=NCc2ccc(CN3CC(C)OC(C)C3)cc2)cc1OC. The lowest BCUT2D eigenvalue weighted by Crippen LogP contribution is -2.44. The highest BCUT2D eigenvalue weighted by Crippen LogP contribution is 2.27. The molecule has 0 saturated carbocycles. The van der Waals surface area contributed by atoms with Crippen LogP contribution in [0.5, 0.6) is 11.5 Å². The summed E-state index contributed by atoms with van der Waals surface area (Å²) >= 11 is 0. The van der Waals surface area contributed by atoms with Gasteiger partial charge >= 0.3 is 0 Å². The van der Waals surface area contributed by atoms with Crippen LogP contribution in [0.1, 0.15) is 30.5 Å². The Morgan fingerprint density at radius 3 is 2.28 bits per heavy atom. The van der Waals surface area contributed by atoms with Gasteiger partial charge < -0.3 is 25.3 Å². The second-order valence-electron chi connectivity index (χ2n) is 8.34. The minimum Gasteiger partial charge on any atom is -0.493 e. The van der Waals surface area contributed by atoms with Crippen molar-refractivity contribution in [2.75, 3.05) is 33.9 Å². The third-order valence-electron chi connectivity index (χ3n) is 5.52. The van der Waals surface area contributed by atoms with E-state index < -0.39 is 0 Å². The van der Waals surface area contributed by atoms with Gasteiger partial charge in [0.25, 0.3) is 0 Å². The number of aliphatic imine (C=N–C) groups is 1. The van der Waals surface area contributed by atoms with E-state index in [-0.39, 0.29) is 12.2 Å². The third-order valence-corrected chi connectivity index (χ3v) is 5.52. The van der Waals surface area contributed by atoms with Crippen molar-refractivity contribution in [1.29, 1.82) is 0 Å². The Kier molecular flexibility index (Phi) is 8.76.